The lowest BCUT2D eigenvalue weighted by atomic mass is 9.80. The van der Waals surface area contributed by atoms with Gasteiger partial charge in [0.15, 0.2) is 5.82 Å². The predicted octanol–water partition coefficient (Wildman–Crippen LogP) is 3.69. The number of hydrogen-bond donors (Lipinski definition) is 2. The van der Waals surface area contributed by atoms with Crippen LogP contribution in [0.3, 0.4) is 0 Å². The van der Waals surface area contributed by atoms with Crippen LogP contribution in [0.25, 0.3) is 11.1 Å². The van der Waals surface area contributed by atoms with Crippen molar-refractivity contribution in [3.8, 4) is 11.1 Å². The van der Waals surface area contributed by atoms with E-state index in [4.69, 9.17) is 5.73 Å². The highest BCUT2D eigenvalue weighted by atomic mass is 79.9. The SMILES string of the molecule is Nc1n[nH]c(C2CCC2)c1-c1ccccc1Br. The lowest BCUT2D eigenvalue weighted by Crippen LogP contribution is -2.10. The van der Waals surface area contributed by atoms with Crippen molar-refractivity contribution in [2.75, 3.05) is 5.73 Å². The van der Waals surface area contributed by atoms with Crippen molar-refractivity contribution in [3.05, 3.63) is 34.4 Å². The molecule has 1 aromatic heterocycles. The molecule has 0 atom stereocenters. The Hall–Kier alpha value is -1.29. The van der Waals surface area contributed by atoms with Crippen LogP contribution in [-0.4, -0.2) is 10.2 Å². The molecule has 0 spiro atoms. The van der Waals surface area contributed by atoms with E-state index in [1.807, 2.05) is 18.2 Å². The number of rotatable bonds is 2. The van der Waals surface area contributed by atoms with Gasteiger partial charge in [0.2, 0.25) is 0 Å². The van der Waals surface area contributed by atoms with Crippen molar-refractivity contribution >= 4 is 21.7 Å². The summed E-state index contributed by atoms with van der Waals surface area (Å²) in [6.07, 6.45) is 3.77. The normalized spacial score (nSPS) is 15.8. The fourth-order valence-corrected chi connectivity index (χ4v) is 2.79. The van der Waals surface area contributed by atoms with Crippen LogP contribution in [0.1, 0.15) is 30.9 Å². The average molecular weight is 292 g/mol. The lowest BCUT2D eigenvalue weighted by molar-refractivity contribution is 0.411. The first-order chi connectivity index (χ1) is 8.27. The lowest BCUT2D eigenvalue weighted by Gasteiger charge is -2.25. The van der Waals surface area contributed by atoms with E-state index in [1.165, 1.54) is 25.0 Å². The monoisotopic (exact) mass is 291 g/mol. The van der Waals surface area contributed by atoms with Crippen molar-refractivity contribution in [3.63, 3.8) is 0 Å². The van der Waals surface area contributed by atoms with Gasteiger partial charge in [-0.25, -0.2) is 0 Å². The Balaban J connectivity index is 2.13. The molecule has 0 aliphatic heterocycles. The minimum Gasteiger partial charge on any atom is -0.382 e. The molecule has 3 N–H and O–H groups in total. The molecule has 88 valence electrons. The summed E-state index contributed by atoms with van der Waals surface area (Å²) in [6, 6.07) is 8.14. The molecule has 0 unspecified atom stereocenters. The Morgan fingerprint density at radius 1 is 1.29 bits per heavy atom. The molecule has 2 aromatic rings. The van der Waals surface area contributed by atoms with Gasteiger partial charge in [0.25, 0.3) is 0 Å². The molecule has 0 amide bonds. The molecule has 0 saturated heterocycles. The Morgan fingerprint density at radius 3 is 2.71 bits per heavy atom. The second kappa shape index (κ2) is 4.18. The van der Waals surface area contributed by atoms with Crippen molar-refractivity contribution in [1.29, 1.82) is 0 Å². The van der Waals surface area contributed by atoms with Crippen LogP contribution in [0.5, 0.6) is 0 Å². The fraction of sp³-hybridized carbons (Fsp3) is 0.308. The molecule has 1 saturated carbocycles. The quantitative estimate of drug-likeness (QED) is 0.887. The molecule has 1 aromatic carbocycles. The first-order valence-electron chi connectivity index (χ1n) is 5.86. The number of halogens is 1. The Kier molecular flexibility index (Phi) is 2.67. The summed E-state index contributed by atoms with van der Waals surface area (Å²) in [5.41, 5.74) is 9.39. The molecule has 1 aliphatic carbocycles. The molecule has 4 heteroatoms. The molecule has 0 radical (unpaired) electrons. The van der Waals surface area contributed by atoms with Gasteiger partial charge in [-0.2, -0.15) is 5.10 Å². The van der Waals surface area contributed by atoms with Gasteiger partial charge in [-0.05, 0) is 18.9 Å². The van der Waals surface area contributed by atoms with E-state index in [0.717, 1.165) is 15.6 Å². The number of nitrogens with two attached hydrogens (primary N) is 1. The van der Waals surface area contributed by atoms with Crippen molar-refractivity contribution in [2.45, 2.75) is 25.2 Å². The molecule has 1 fully saturated rings. The van der Waals surface area contributed by atoms with Crippen LogP contribution in [-0.2, 0) is 0 Å². The largest absolute Gasteiger partial charge is 0.382 e. The van der Waals surface area contributed by atoms with Crippen molar-refractivity contribution < 1.29 is 0 Å². The van der Waals surface area contributed by atoms with Gasteiger partial charge < -0.3 is 5.73 Å². The van der Waals surface area contributed by atoms with Gasteiger partial charge in [-0.1, -0.05) is 40.5 Å². The zero-order chi connectivity index (χ0) is 11.8. The molecular formula is C13H14BrN3. The molecule has 1 aliphatic rings. The van der Waals surface area contributed by atoms with E-state index < -0.39 is 0 Å². The van der Waals surface area contributed by atoms with Crippen LogP contribution in [0.2, 0.25) is 0 Å². The van der Waals surface area contributed by atoms with Crippen LogP contribution in [0, 0.1) is 0 Å². The highest BCUT2D eigenvalue weighted by Crippen LogP contribution is 2.43. The highest BCUT2D eigenvalue weighted by Gasteiger charge is 2.26. The second-order valence-corrected chi connectivity index (χ2v) is 5.36. The van der Waals surface area contributed by atoms with Crippen LogP contribution < -0.4 is 5.73 Å². The van der Waals surface area contributed by atoms with Crippen LogP contribution in [0.15, 0.2) is 28.7 Å². The summed E-state index contributed by atoms with van der Waals surface area (Å²) < 4.78 is 1.06. The molecule has 17 heavy (non-hydrogen) atoms. The number of nitrogens with zero attached hydrogens (tertiary/aromatic N) is 1. The topological polar surface area (TPSA) is 54.7 Å². The van der Waals surface area contributed by atoms with E-state index in [9.17, 15) is 0 Å². The first kappa shape index (κ1) is 10.8. The van der Waals surface area contributed by atoms with Gasteiger partial charge >= 0.3 is 0 Å². The predicted molar refractivity (Wildman–Crippen MR) is 72.7 cm³/mol. The van der Waals surface area contributed by atoms with Crippen molar-refractivity contribution in [2.24, 2.45) is 0 Å². The van der Waals surface area contributed by atoms with Crippen LogP contribution >= 0.6 is 15.9 Å². The Bertz CT molecular complexity index is 543. The summed E-state index contributed by atoms with van der Waals surface area (Å²) >= 11 is 3.58. The molecule has 1 heterocycles. The van der Waals surface area contributed by atoms with E-state index in [1.54, 1.807) is 0 Å². The summed E-state index contributed by atoms with van der Waals surface area (Å²) in [6.45, 7) is 0. The smallest absolute Gasteiger partial charge is 0.153 e. The van der Waals surface area contributed by atoms with E-state index in [0.29, 0.717) is 11.7 Å². The van der Waals surface area contributed by atoms with Gasteiger partial charge in [0.1, 0.15) is 0 Å². The number of nitrogens with one attached hydrogen (secondary N) is 1. The zero-order valence-electron chi connectivity index (χ0n) is 9.41. The van der Waals surface area contributed by atoms with Gasteiger partial charge in [0.05, 0.1) is 0 Å². The number of benzene rings is 1. The first-order valence-corrected chi connectivity index (χ1v) is 6.65. The minimum atomic E-state index is 0.596. The fourth-order valence-electron chi connectivity index (χ4n) is 2.31. The molecule has 0 bridgehead atoms. The number of aromatic nitrogens is 2. The van der Waals surface area contributed by atoms with E-state index in [2.05, 4.69) is 32.2 Å². The van der Waals surface area contributed by atoms with E-state index >= 15 is 0 Å². The molecular weight excluding hydrogens is 278 g/mol. The highest BCUT2D eigenvalue weighted by molar-refractivity contribution is 9.10. The second-order valence-electron chi connectivity index (χ2n) is 4.51. The van der Waals surface area contributed by atoms with Gasteiger partial charge in [-0.15, -0.1) is 0 Å². The third kappa shape index (κ3) is 1.76. The number of H-pyrrole nitrogens is 1. The standard InChI is InChI=1S/C13H14BrN3/c14-10-7-2-1-6-9(10)11-12(8-4-3-5-8)16-17-13(11)15/h1-2,6-8H,3-5H2,(H3,15,16,17). The minimum absolute atomic E-state index is 0.596. The van der Waals surface area contributed by atoms with E-state index in [-0.39, 0.29) is 0 Å². The maximum absolute atomic E-state index is 6.00. The summed E-state index contributed by atoms with van der Waals surface area (Å²) in [4.78, 5) is 0. The average Bonchev–Trinajstić information content (AvgIpc) is 2.59. The number of aromatic amines is 1. The molecule has 3 nitrogen and oxygen atoms in total. The van der Waals surface area contributed by atoms with Gasteiger partial charge in [-0.3, -0.25) is 5.10 Å². The summed E-state index contributed by atoms with van der Waals surface area (Å²) in [5, 5.41) is 7.27. The summed E-state index contributed by atoms with van der Waals surface area (Å²) in [7, 11) is 0. The van der Waals surface area contributed by atoms with Crippen molar-refractivity contribution in [1.82, 2.24) is 10.2 Å². The zero-order valence-corrected chi connectivity index (χ0v) is 11.0. The molecule has 3 rings (SSSR count). The number of nitrogen functional groups attached to an aromatic ring is 1. The number of anilines is 1. The van der Waals surface area contributed by atoms with Gasteiger partial charge in [0, 0.05) is 27.2 Å². The maximum Gasteiger partial charge on any atom is 0.153 e. The third-order valence-corrected chi connectivity index (χ3v) is 4.17. The maximum atomic E-state index is 6.00. The Labute approximate surface area is 109 Å². The number of hydrogen-bond acceptors (Lipinski definition) is 2. The summed E-state index contributed by atoms with van der Waals surface area (Å²) in [5.74, 6) is 1.20. The third-order valence-electron chi connectivity index (χ3n) is 3.48. The van der Waals surface area contributed by atoms with Crippen LogP contribution in [0.4, 0.5) is 5.82 Å². The Morgan fingerprint density at radius 2 is 2.06 bits per heavy atom.